The molecule has 1 saturated heterocycles. The fraction of sp³-hybridized carbons (Fsp3) is 0.556. The Balaban J connectivity index is 2.10. The van der Waals surface area contributed by atoms with E-state index >= 15 is 0 Å². The summed E-state index contributed by atoms with van der Waals surface area (Å²) in [4.78, 5) is 26.5. The van der Waals surface area contributed by atoms with E-state index in [0.717, 1.165) is 29.7 Å². The molecule has 4 heteroatoms. The summed E-state index contributed by atoms with van der Waals surface area (Å²) in [5.41, 5.74) is 3.11. The number of aryl methyl sites for hydroxylation is 2. The van der Waals surface area contributed by atoms with Gasteiger partial charge in [-0.15, -0.1) is 0 Å². The van der Waals surface area contributed by atoms with Crippen LogP contribution in [0.5, 0.6) is 0 Å². The molecule has 0 radical (unpaired) electrons. The largest absolute Gasteiger partial charge is 0.339 e. The van der Waals surface area contributed by atoms with Crippen molar-refractivity contribution in [2.75, 3.05) is 11.9 Å². The highest BCUT2D eigenvalue weighted by Gasteiger charge is 2.36. The zero-order valence-electron chi connectivity index (χ0n) is 14.0. The SMILES string of the molecule is CCc1cccc(C)c1NC(=O)C1CC(=O)N(C(C)CC)C1. The van der Waals surface area contributed by atoms with Crippen LogP contribution < -0.4 is 5.32 Å². The van der Waals surface area contributed by atoms with E-state index in [-0.39, 0.29) is 23.8 Å². The highest BCUT2D eigenvalue weighted by molar-refractivity contribution is 5.98. The lowest BCUT2D eigenvalue weighted by Gasteiger charge is -2.23. The topological polar surface area (TPSA) is 49.4 Å². The van der Waals surface area contributed by atoms with E-state index in [0.29, 0.717) is 13.0 Å². The molecule has 120 valence electrons. The van der Waals surface area contributed by atoms with Gasteiger partial charge in [0.2, 0.25) is 11.8 Å². The Morgan fingerprint density at radius 1 is 1.41 bits per heavy atom. The van der Waals surface area contributed by atoms with Crippen molar-refractivity contribution in [3.63, 3.8) is 0 Å². The van der Waals surface area contributed by atoms with Crippen molar-refractivity contribution >= 4 is 17.5 Å². The predicted molar refractivity (Wildman–Crippen MR) is 88.8 cm³/mol. The van der Waals surface area contributed by atoms with E-state index in [1.165, 1.54) is 0 Å². The molecular formula is C18H26N2O2. The second-order valence-electron chi connectivity index (χ2n) is 6.16. The lowest BCUT2D eigenvalue weighted by Crippen LogP contribution is -2.35. The fourth-order valence-electron chi connectivity index (χ4n) is 2.98. The number of anilines is 1. The molecular weight excluding hydrogens is 276 g/mol. The molecule has 1 N–H and O–H groups in total. The number of amides is 2. The van der Waals surface area contributed by atoms with Gasteiger partial charge in [0.1, 0.15) is 0 Å². The zero-order valence-corrected chi connectivity index (χ0v) is 14.0. The summed E-state index contributed by atoms with van der Waals surface area (Å²) in [6.45, 7) is 8.71. The average Bonchev–Trinajstić information content (AvgIpc) is 2.90. The molecule has 4 nitrogen and oxygen atoms in total. The maximum atomic E-state index is 12.5. The van der Waals surface area contributed by atoms with Gasteiger partial charge in [0.05, 0.1) is 5.92 Å². The highest BCUT2D eigenvalue weighted by Crippen LogP contribution is 2.26. The van der Waals surface area contributed by atoms with Crippen LogP contribution >= 0.6 is 0 Å². The first-order chi connectivity index (χ1) is 10.5. The summed E-state index contributed by atoms with van der Waals surface area (Å²) in [5.74, 6) is -0.191. The second-order valence-corrected chi connectivity index (χ2v) is 6.16. The molecule has 1 aliphatic heterocycles. The van der Waals surface area contributed by atoms with E-state index in [9.17, 15) is 9.59 Å². The molecule has 0 spiro atoms. The molecule has 2 unspecified atom stereocenters. The van der Waals surface area contributed by atoms with Crippen LogP contribution in [0.15, 0.2) is 18.2 Å². The van der Waals surface area contributed by atoms with Gasteiger partial charge in [-0.2, -0.15) is 0 Å². The lowest BCUT2D eigenvalue weighted by molar-refractivity contribution is -0.129. The van der Waals surface area contributed by atoms with Gasteiger partial charge in [-0.3, -0.25) is 9.59 Å². The van der Waals surface area contributed by atoms with Gasteiger partial charge in [0, 0.05) is 24.7 Å². The van der Waals surface area contributed by atoms with Crippen molar-refractivity contribution in [1.29, 1.82) is 0 Å². The monoisotopic (exact) mass is 302 g/mol. The van der Waals surface area contributed by atoms with Crippen LogP contribution in [0.3, 0.4) is 0 Å². The molecule has 0 aromatic heterocycles. The third-order valence-corrected chi connectivity index (χ3v) is 4.64. The number of benzene rings is 1. The molecule has 0 saturated carbocycles. The number of likely N-dealkylation sites (tertiary alicyclic amines) is 1. The quantitative estimate of drug-likeness (QED) is 0.908. The van der Waals surface area contributed by atoms with Crippen LogP contribution in [-0.4, -0.2) is 29.3 Å². The summed E-state index contributed by atoms with van der Waals surface area (Å²) in [5, 5.41) is 3.05. The normalized spacial score (nSPS) is 19.4. The molecule has 2 rings (SSSR count). The zero-order chi connectivity index (χ0) is 16.3. The predicted octanol–water partition coefficient (Wildman–Crippen LogP) is 3.14. The molecule has 1 aliphatic rings. The second kappa shape index (κ2) is 6.95. The van der Waals surface area contributed by atoms with Crippen LogP contribution in [0.25, 0.3) is 0 Å². The van der Waals surface area contributed by atoms with Gasteiger partial charge in [0.25, 0.3) is 0 Å². The number of carbonyl (C=O) groups excluding carboxylic acids is 2. The molecule has 2 amide bonds. The van der Waals surface area contributed by atoms with E-state index in [4.69, 9.17) is 0 Å². The molecule has 2 atom stereocenters. The van der Waals surface area contributed by atoms with Crippen molar-refractivity contribution in [1.82, 2.24) is 4.90 Å². The fourth-order valence-corrected chi connectivity index (χ4v) is 2.98. The van der Waals surface area contributed by atoms with E-state index in [1.807, 2.05) is 36.9 Å². The Morgan fingerprint density at radius 2 is 2.14 bits per heavy atom. The number of nitrogens with one attached hydrogen (secondary N) is 1. The number of rotatable bonds is 5. The van der Waals surface area contributed by atoms with Crippen LogP contribution in [0.1, 0.15) is 44.7 Å². The van der Waals surface area contributed by atoms with Crippen LogP contribution in [0.2, 0.25) is 0 Å². The Kier molecular flexibility index (Phi) is 5.22. The van der Waals surface area contributed by atoms with Gasteiger partial charge in [-0.05, 0) is 37.8 Å². The number of nitrogens with zero attached hydrogens (tertiary/aromatic N) is 1. The van der Waals surface area contributed by atoms with Crippen LogP contribution in [0, 0.1) is 12.8 Å². The molecule has 1 aromatic rings. The maximum Gasteiger partial charge on any atom is 0.229 e. The minimum atomic E-state index is -0.245. The van der Waals surface area contributed by atoms with Crippen molar-refractivity contribution in [2.45, 2.75) is 53.0 Å². The summed E-state index contributed by atoms with van der Waals surface area (Å²) < 4.78 is 0. The van der Waals surface area contributed by atoms with E-state index in [2.05, 4.69) is 19.2 Å². The standard InChI is InChI=1S/C18H26N2O2/c1-5-13(4)20-11-15(10-16(20)21)18(22)19-17-12(3)8-7-9-14(17)6-2/h7-9,13,15H,5-6,10-11H2,1-4H3,(H,19,22). The Morgan fingerprint density at radius 3 is 2.77 bits per heavy atom. The van der Waals surface area contributed by atoms with Gasteiger partial charge in [-0.25, -0.2) is 0 Å². The molecule has 0 bridgehead atoms. The van der Waals surface area contributed by atoms with Crippen molar-refractivity contribution in [3.8, 4) is 0 Å². The van der Waals surface area contributed by atoms with E-state index in [1.54, 1.807) is 0 Å². The molecule has 1 heterocycles. The first kappa shape index (κ1) is 16.5. The summed E-state index contributed by atoms with van der Waals surface area (Å²) >= 11 is 0. The average molecular weight is 302 g/mol. The number of para-hydroxylation sites is 1. The Labute approximate surface area is 132 Å². The number of hydrogen-bond donors (Lipinski definition) is 1. The molecule has 0 aliphatic carbocycles. The van der Waals surface area contributed by atoms with Crippen molar-refractivity contribution in [3.05, 3.63) is 29.3 Å². The Bertz CT molecular complexity index is 568. The van der Waals surface area contributed by atoms with Gasteiger partial charge >= 0.3 is 0 Å². The van der Waals surface area contributed by atoms with Gasteiger partial charge in [-0.1, -0.05) is 32.0 Å². The minimum Gasteiger partial charge on any atom is -0.339 e. The van der Waals surface area contributed by atoms with Crippen molar-refractivity contribution < 1.29 is 9.59 Å². The Hall–Kier alpha value is -1.84. The molecule has 1 fully saturated rings. The summed E-state index contributed by atoms with van der Waals surface area (Å²) in [6.07, 6.45) is 2.11. The smallest absolute Gasteiger partial charge is 0.229 e. The van der Waals surface area contributed by atoms with Gasteiger partial charge < -0.3 is 10.2 Å². The van der Waals surface area contributed by atoms with Crippen LogP contribution in [0.4, 0.5) is 5.69 Å². The van der Waals surface area contributed by atoms with E-state index < -0.39 is 0 Å². The lowest BCUT2D eigenvalue weighted by atomic mass is 10.0. The minimum absolute atomic E-state index is 0.0387. The van der Waals surface area contributed by atoms with Crippen molar-refractivity contribution in [2.24, 2.45) is 5.92 Å². The summed E-state index contributed by atoms with van der Waals surface area (Å²) in [7, 11) is 0. The highest BCUT2D eigenvalue weighted by atomic mass is 16.2. The first-order valence-corrected chi connectivity index (χ1v) is 8.16. The maximum absolute atomic E-state index is 12.5. The summed E-state index contributed by atoms with van der Waals surface area (Å²) in [6, 6.07) is 6.25. The third kappa shape index (κ3) is 3.32. The molecule has 1 aromatic carbocycles. The number of carbonyl (C=O) groups is 2. The third-order valence-electron chi connectivity index (χ3n) is 4.64. The first-order valence-electron chi connectivity index (χ1n) is 8.16. The van der Waals surface area contributed by atoms with Gasteiger partial charge in [0.15, 0.2) is 0 Å². The molecule has 22 heavy (non-hydrogen) atoms. The van der Waals surface area contributed by atoms with Crippen LogP contribution in [-0.2, 0) is 16.0 Å². The number of hydrogen-bond acceptors (Lipinski definition) is 2.